The van der Waals surface area contributed by atoms with Crippen LogP contribution in [0.5, 0.6) is 5.75 Å². The molecule has 0 spiro atoms. The van der Waals surface area contributed by atoms with Crippen molar-refractivity contribution in [2.45, 2.75) is 31.8 Å². The second-order valence-corrected chi connectivity index (χ2v) is 6.84. The molecular formula is C16H21N3O2S. The fraction of sp³-hybridized carbons (Fsp3) is 0.375. The lowest BCUT2D eigenvalue weighted by Crippen LogP contribution is -2.12. The van der Waals surface area contributed by atoms with E-state index in [-0.39, 0.29) is 5.56 Å². The number of aromatic nitrogens is 2. The average Bonchev–Trinajstić information content (AvgIpc) is 2.45. The first kappa shape index (κ1) is 16.4. The molecule has 2 aromatic rings. The number of hydrogen-bond acceptors (Lipinski definition) is 5. The highest BCUT2D eigenvalue weighted by molar-refractivity contribution is 7.99. The molecule has 0 aliphatic carbocycles. The molecule has 1 heterocycles. The zero-order chi connectivity index (χ0) is 16.1. The molecule has 0 fully saturated rings. The van der Waals surface area contributed by atoms with Crippen LogP contribution in [0, 0.1) is 6.92 Å². The van der Waals surface area contributed by atoms with Gasteiger partial charge in [0.15, 0.2) is 0 Å². The highest BCUT2D eigenvalue weighted by atomic mass is 32.2. The van der Waals surface area contributed by atoms with Crippen LogP contribution >= 0.6 is 11.8 Å². The number of aromatic amines is 1. The molecule has 0 radical (unpaired) electrons. The van der Waals surface area contributed by atoms with Crippen molar-refractivity contribution in [3.05, 3.63) is 45.9 Å². The molecule has 0 saturated carbocycles. The summed E-state index contributed by atoms with van der Waals surface area (Å²) in [4.78, 5) is 19.0. The van der Waals surface area contributed by atoms with Crippen molar-refractivity contribution in [1.82, 2.24) is 9.97 Å². The molecule has 6 heteroatoms. The summed E-state index contributed by atoms with van der Waals surface area (Å²) in [5, 5.41) is 3.63. The summed E-state index contributed by atoms with van der Waals surface area (Å²) in [5.74, 6) is 1.84. The second kappa shape index (κ2) is 7.35. The van der Waals surface area contributed by atoms with Crippen molar-refractivity contribution in [2.24, 2.45) is 0 Å². The number of H-pyrrole nitrogens is 1. The summed E-state index contributed by atoms with van der Waals surface area (Å²) in [7, 11) is 1.61. The maximum atomic E-state index is 11.8. The van der Waals surface area contributed by atoms with Crippen molar-refractivity contribution >= 4 is 23.4 Å². The van der Waals surface area contributed by atoms with Gasteiger partial charge in [-0.25, -0.2) is 4.98 Å². The van der Waals surface area contributed by atoms with Gasteiger partial charge in [0.25, 0.3) is 5.56 Å². The molecule has 2 rings (SSSR count). The van der Waals surface area contributed by atoms with Crippen molar-refractivity contribution in [1.29, 1.82) is 0 Å². The summed E-state index contributed by atoms with van der Waals surface area (Å²) in [6.45, 7) is 6.24. The Hall–Kier alpha value is -1.95. The third kappa shape index (κ3) is 4.53. The maximum absolute atomic E-state index is 11.8. The molecule has 0 aliphatic heterocycles. The summed E-state index contributed by atoms with van der Waals surface area (Å²) < 4.78 is 5.33. The van der Waals surface area contributed by atoms with Crippen molar-refractivity contribution in [3.63, 3.8) is 0 Å². The molecule has 0 atom stereocenters. The van der Waals surface area contributed by atoms with Gasteiger partial charge in [0.05, 0.1) is 18.5 Å². The van der Waals surface area contributed by atoms with E-state index in [2.05, 4.69) is 29.1 Å². The topological polar surface area (TPSA) is 67.0 Å². The highest BCUT2D eigenvalue weighted by Gasteiger charge is 2.07. The molecule has 0 bridgehead atoms. The van der Waals surface area contributed by atoms with Crippen molar-refractivity contribution in [2.75, 3.05) is 12.4 Å². The van der Waals surface area contributed by atoms with Gasteiger partial charge in [-0.1, -0.05) is 19.9 Å². The van der Waals surface area contributed by atoms with Gasteiger partial charge in [-0.15, -0.1) is 0 Å². The van der Waals surface area contributed by atoms with Gasteiger partial charge < -0.3 is 10.1 Å². The Labute approximate surface area is 134 Å². The Kier molecular flexibility index (Phi) is 5.49. The van der Waals surface area contributed by atoms with E-state index in [1.54, 1.807) is 18.9 Å². The van der Waals surface area contributed by atoms with Crippen LogP contribution in [-0.2, 0) is 5.75 Å². The Morgan fingerprint density at radius 2 is 2.14 bits per heavy atom. The van der Waals surface area contributed by atoms with Gasteiger partial charge in [0.2, 0.25) is 5.95 Å². The standard InChI is InChI=1S/C16H21N3O2S/c1-10(2)22-9-12-8-15(20)19-16(17-12)18-13-7-11(3)5-6-14(13)21-4/h5-8,10H,9H2,1-4H3,(H2,17,18,19,20). The third-order valence-electron chi connectivity index (χ3n) is 2.97. The molecule has 118 valence electrons. The van der Waals surface area contributed by atoms with Crippen LogP contribution < -0.4 is 15.6 Å². The predicted octanol–water partition coefficient (Wildman–Crippen LogP) is 3.47. The van der Waals surface area contributed by atoms with Crippen LogP contribution in [0.3, 0.4) is 0 Å². The lowest BCUT2D eigenvalue weighted by atomic mass is 10.2. The summed E-state index contributed by atoms with van der Waals surface area (Å²) >= 11 is 1.75. The number of benzene rings is 1. The summed E-state index contributed by atoms with van der Waals surface area (Å²) in [5.41, 5.74) is 2.47. The molecule has 0 aliphatic rings. The zero-order valence-electron chi connectivity index (χ0n) is 13.3. The predicted molar refractivity (Wildman–Crippen MR) is 92.3 cm³/mol. The third-order valence-corrected chi connectivity index (χ3v) is 4.10. The smallest absolute Gasteiger partial charge is 0.252 e. The number of anilines is 2. The Morgan fingerprint density at radius 3 is 2.82 bits per heavy atom. The van der Waals surface area contributed by atoms with E-state index in [0.29, 0.717) is 22.7 Å². The quantitative estimate of drug-likeness (QED) is 0.853. The van der Waals surface area contributed by atoms with Crippen LogP contribution in [0.15, 0.2) is 29.1 Å². The van der Waals surface area contributed by atoms with E-state index in [1.165, 1.54) is 6.07 Å². The van der Waals surface area contributed by atoms with Gasteiger partial charge in [-0.3, -0.25) is 9.78 Å². The molecule has 0 unspecified atom stereocenters. The number of aryl methyl sites for hydroxylation is 1. The molecule has 22 heavy (non-hydrogen) atoms. The molecule has 0 saturated heterocycles. The Bertz CT molecular complexity index is 698. The van der Waals surface area contributed by atoms with Crippen molar-refractivity contribution < 1.29 is 4.74 Å². The number of hydrogen-bond donors (Lipinski definition) is 2. The van der Waals surface area contributed by atoms with Crippen molar-refractivity contribution in [3.8, 4) is 5.75 Å². The van der Waals surface area contributed by atoms with Gasteiger partial charge in [-0.05, 0) is 29.9 Å². The minimum Gasteiger partial charge on any atom is -0.495 e. The van der Waals surface area contributed by atoms with E-state index < -0.39 is 0 Å². The zero-order valence-corrected chi connectivity index (χ0v) is 14.1. The van der Waals surface area contributed by atoms with E-state index in [1.807, 2.05) is 25.1 Å². The normalized spacial score (nSPS) is 10.8. The number of nitrogens with one attached hydrogen (secondary N) is 2. The first-order valence-corrected chi connectivity index (χ1v) is 8.16. The number of thioether (sulfide) groups is 1. The van der Waals surface area contributed by atoms with E-state index in [9.17, 15) is 4.79 Å². The lowest BCUT2D eigenvalue weighted by molar-refractivity contribution is 0.416. The Balaban J connectivity index is 2.26. The largest absolute Gasteiger partial charge is 0.495 e. The molecule has 1 aromatic heterocycles. The van der Waals surface area contributed by atoms with Crippen LogP contribution in [0.4, 0.5) is 11.6 Å². The number of rotatable bonds is 6. The van der Waals surface area contributed by atoms with Gasteiger partial charge in [0, 0.05) is 11.8 Å². The monoisotopic (exact) mass is 319 g/mol. The molecule has 2 N–H and O–H groups in total. The molecule has 5 nitrogen and oxygen atoms in total. The fourth-order valence-corrected chi connectivity index (χ4v) is 2.59. The minimum atomic E-state index is -0.163. The second-order valence-electron chi connectivity index (χ2n) is 5.27. The fourth-order valence-electron chi connectivity index (χ4n) is 1.94. The van der Waals surface area contributed by atoms with Crippen LogP contribution in [0.1, 0.15) is 25.1 Å². The first-order chi connectivity index (χ1) is 10.5. The number of nitrogens with zero attached hydrogens (tertiary/aromatic N) is 1. The SMILES string of the molecule is COc1ccc(C)cc1Nc1nc(CSC(C)C)cc(=O)[nH]1. The summed E-state index contributed by atoms with van der Waals surface area (Å²) in [6.07, 6.45) is 0. The van der Waals surface area contributed by atoms with Crippen LogP contribution in [0.25, 0.3) is 0 Å². The number of methoxy groups -OCH3 is 1. The number of ether oxygens (including phenoxy) is 1. The van der Waals surface area contributed by atoms with Gasteiger partial charge in [0.1, 0.15) is 5.75 Å². The molecule has 0 amide bonds. The van der Waals surface area contributed by atoms with Gasteiger partial charge in [-0.2, -0.15) is 11.8 Å². The van der Waals surface area contributed by atoms with Crippen LogP contribution in [0.2, 0.25) is 0 Å². The first-order valence-electron chi connectivity index (χ1n) is 7.11. The Morgan fingerprint density at radius 1 is 1.36 bits per heavy atom. The highest BCUT2D eigenvalue weighted by Crippen LogP contribution is 2.27. The lowest BCUT2D eigenvalue weighted by Gasteiger charge is -2.12. The van der Waals surface area contributed by atoms with E-state index in [0.717, 1.165) is 16.9 Å². The minimum absolute atomic E-state index is 0.163. The molecular weight excluding hydrogens is 298 g/mol. The van der Waals surface area contributed by atoms with E-state index >= 15 is 0 Å². The van der Waals surface area contributed by atoms with Gasteiger partial charge >= 0.3 is 0 Å². The van der Waals surface area contributed by atoms with E-state index in [4.69, 9.17) is 4.74 Å². The average molecular weight is 319 g/mol. The summed E-state index contributed by atoms with van der Waals surface area (Å²) in [6, 6.07) is 7.34. The van der Waals surface area contributed by atoms with Crippen LogP contribution in [-0.4, -0.2) is 22.3 Å². The molecule has 1 aromatic carbocycles. The maximum Gasteiger partial charge on any atom is 0.252 e.